The van der Waals surface area contributed by atoms with Gasteiger partial charge in [-0.2, -0.15) is 0 Å². The summed E-state index contributed by atoms with van der Waals surface area (Å²) in [6.45, 7) is 4.40. The number of likely N-dealkylation sites (tertiary alicyclic amines) is 1. The Balaban J connectivity index is 1.83. The number of nitrogens with zero attached hydrogens (tertiary/aromatic N) is 3. The fourth-order valence-electron chi connectivity index (χ4n) is 2.07. The Bertz CT molecular complexity index is 325. The summed E-state index contributed by atoms with van der Waals surface area (Å²) in [4.78, 5) is 38.0. The normalized spacial score (nSPS) is 23.2. The third-order valence-electron chi connectivity index (χ3n) is 3.24. The first-order chi connectivity index (χ1) is 7.61. The Morgan fingerprint density at radius 3 is 2.56 bits per heavy atom. The summed E-state index contributed by atoms with van der Waals surface area (Å²) in [5.41, 5.74) is 0. The Morgan fingerprint density at radius 2 is 2.06 bits per heavy atom. The molecule has 2 fully saturated rings. The van der Waals surface area contributed by atoms with Crippen molar-refractivity contribution in [3.63, 3.8) is 0 Å². The second-order valence-corrected chi connectivity index (χ2v) is 4.24. The molecule has 2 aliphatic rings. The average molecular weight is 225 g/mol. The molecule has 0 aromatic heterocycles. The van der Waals surface area contributed by atoms with Crippen molar-refractivity contribution in [3.05, 3.63) is 0 Å². The first-order valence-electron chi connectivity index (χ1n) is 5.36. The van der Waals surface area contributed by atoms with Crippen LogP contribution >= 0.6 is 0 Å². The van der Waals surface area contributed by atoms with Gasteiger partial charge < -0.3 is 4.90 Å². The molecule has 0 aliphatic carbocycles. The van der Waals surface area contributed by atoms with Crippen molar-refractivity contribution < 1.29 is 14.4 Å². The third kappa shape index (κ3) is 1.92. The number of rotatable bonds is 2. The maximum Gasteiger partial charge on any atom is 0.243 e. The van der Waals surface area contributed by atoms with E-state index in [0.717, 1.165) is 0 Å². The summed E-state index contributed by atoms with van der Waals surface area (Å²) in [6.07, 6.45) is 0.586. The SMILES string of the molecule is CC(=O)N1CC(N2CCN(C=O)C(=O)C2)C1. The van der Waals surface area contributed by atoms with Gasteiger partial charge >= 0.3 is 0 Å². The number of hydrogen-bond donors (Lipinski definition) is 0. The topological polar surface area (TPSA) is 60.9 Å². The van der Waals surface area contributed by atoms with E-state index in [9.17, 15) is 14.4 Å². The molecule has 2 aliphatic heterocycles. The van der Waals surface area contributed by atoms with Crippen molar-refractivity contribution in [1.29, 1.82) is 0 Å². The molecule has 0 atom stereocenters. The van der Waals surface area contributed by atoms with Crippen LogP contribution in [-0.2, 0) is 14.4 Å². The van der Waals surface area contributed by atoms with Crippen LogP contribution in [0.5, 0.6) is 0 Å². The minimum Gasteiger partial charge on any atom is -0.340 e. The standard InChI is InChI=1S/C10H15N3O3/c1-8(15)13-4-9(5-13)11-2-3-12(7-14)10(16)6-11/h7,9H,2-6H2,1H3. The van der Waals surface area contributed by atoms with Crippen LogP contribution in [0.2, 0.25) is 0 Å². The zero-order valence-electron chi connectivity index (χ0n) is 9.26. The third-order valence-corrected chi connectivity index (χ3v) is 3.24. The molecule has 16 heavy (non-hydrogen) atoms. The smallest absolute Gasteiger partial charge is 0.243 e. The number of piperazine rings is 1. The lowest BCUT2D eigenvalue weighted by Gasteiger charge is -2.46. The van der Waals surface area contributed by atoms with E-state index in [1.807, 2.05) is 4.90 Å². The van der Waals surface area contributed by atoms with Gasteiger partial charge in [-0.1, -0.05) is 0 Å². The molecule has 2 heterocycles. The van der Waals surface area contributed by atoms with Crippen LogP contribution < -0.4 is 0 Å². The van der Waals surface area contributed by atoms with Gasteiger partial charge in [0.1, 0.15) is 0 Å². The van der Waals surface area contributed by atoms with Crippen LogP contribution in [0.15, 0.2) is 0 Å². The van der Waals surface area contributed by atoms with Crippen molar-refractivity contribution in [2.75, 3.05) is 32.7 Å². The van der Waals surface area contributed by atoms with E-state index in [0.29, 0.717) is 32.6 Å². The highest BCUT2D eigenvalue weighted by molar-refractivity contribution is 5.88. The van der Waals surface area contributed by atoms with E-state index in [-0.39, 0.29) is 24.4 Å². The molecule has 0 spiro atoms. The number of hydrogen-bond acceptors (Lipinski definition) is 4. The van der Waals surface area contributed by atoms with Crippen LogP contribution in [0.1, 0.15) is 6.92 Å². The summed E-state index contributed by atoms with van der Waals surface area (Å²) in [7, 11) is 0. The Kier molecular flexibility index (Phi) is 2.91. The van der Waals surface area contributed by atoms with Crippen molar-refractivity contribution in [2.24, 2.45) is 0 Å². The Labute approximate surface area is 93.8 Å². The molecular formula is C10H15N3O3. The average Bonchev–Trinajstić information content (AvgIpc) is 2.15. The molecule has 2 rings (SSSR count). The van der Waals surface area contributed by atoms with Gasteiger partial charge in [-0.05, 0) is 0 Å². The summed E-state index contributed by atoms with van der Waals surface area (Å²) >= 11 is 0. The number of carbonyl (C=O) groups is 3. The van der Waals surface area contributed by atoms with Gasteiger partial charge in [-0.15, -0.1) is 0 Å². The van der Waals surface area contributed by atoms with E-state index in [1.165, 1.54) is 4.90 Å². The fourth-order valence-corrected chi connectivity index (χ4v) is 2.07. The first-order valence-corrected chi connectivity index (χ1v) is 5.36. The molecule has 0 N–H and O–H groups in total. The van der Waals surface area contributed by atoms with Gasteiger partial charge in [0.05, 0.1) is 6.54 Å². The van der Waals surface area contributed by atoms with Crippen molar-refractivity contribution in [3.8, 4) is 0 Å². The number of carbonyl (C=O) groups excluding carboxylic acids is 3. The lowest BCUT2D eigenvalue weighted by atomic mass is 10.1. The van der Waals surface area contributed by atoms with E-state index >= 15 is 0 Å². The second-order valence-electron chi connectivity index (χ2n) is 4.24. The summed E-state index contributed by atoms with van der Waals surface area (Å²) in [6, 6.07) is 0.279. The second kappa shape index (κ2) is 4.21. The maximum atomic E-state index is 11.5. The molecule has 6 heteroatoms. The molecule has 88 valence electrons. The lowest BCUT2D eigenvalue weighted by Crippen LogP contribution is -2.64. The van der Waals surface area contributed by atoms with E-state index in [1.54, 1.807) is 11.8 Å². The fraction of sp³-hybridized carbons (Fsp3) is 0.700. The zero-order chi connectivity index (χ0) is 11.7. The summed E-state index contributed by atoms with van der Waals surface area (Å²) in [5.74, 6) is -0.0726. The van der Waals surface area contributed by atoms with Gasteiger partial charge in [-0.25, -0.2) is 0 Å². The van der Waals surface area contributed by atoms with E-state index in [4.69, 9.17) is 0 Å². The zero-order valence-corrected chi connectivity index (χ0v) is 9.26. The van der Waals surface area contributed by atoms with Gasteiger partial charge in [0, 0.05) is 39.1 Å². The van der Waals surface area contributed by atoms with Crippen molar-refractivity contribution >= 4 is 18.2 Å². The van der Waals surface area contributed by atoms with E-state index < -0.39 is 0 Å². The van der Waals surface area contributed by atoms with Crippen LogP contribution in [0, 0.1) is 0 Å². The minimum absolute atomic E-state index is 0.0779. The highest BCUT2D eigenvalue weighted by atomic mass is 16.2. The molecule has 3 amide bonds. The van der Waals surface area contributed by atoms with E-state index in [2.05, 4.69) is 0 Å². The number of amides is 3. The largest absolute Gasteiger partial charge is 0.340 e. The molecule has 0 aromatic rings. The van der Waals surface area contributed by atoms with Crippen LogP contribution in [0.25, 0.3) is 0 Å². The summed E-state index contributed by atoms with van der Waals surface area (Å²) < 4.78 is 0. The maximum absolute atomic E-state index is 11.5. The van der Waals surface area contributed by atoms with Gasteiger partial charge in [0.15, 0.2) is 0 Å². The quantitative estimate of drug-likeness (QED) is 0.538. The predicted octanol–water partition coefficient (Wildman–Crippen LogP) is -1.48. The van der Waals surface area contributed by atoms with Crippen LogP contribution in [0.3, 0.4) is 0 Å². The van der Waals surface area contributed by atoms with Crippen molar-refractivity contribution in [2.45, 2.75) is 13.0 Å². The first kappa shape index (κ1) is 11.1. The van der Waals surface area contributed by atoms with Gasteiger partial charge in [-0.3, -0.25) is 24.2 Å². The molecule has 6 nitrogen and oxygen atoms in total. The van der Waals surface area contributed by atoms with Crippen LogP contribution in [-0.4, -0.2) is 71.7 Å². The molecule has 0 bridgehead atoms. The molecule has 0 unspecified atom stereocenters. The molecule has 0 radical (unpaired) electrons. The predicted molar refractivity (Wildman–Crippen MR) is 55.4 cm³/mol. The highest BCUT2D eigenvalue weighted by Gasteiger charge is 2.36. The van der Waals surface area contributed by atoms with Gasteiger partial charge in [0.2, 0.25) is 18.2 Å². The Morgan fingerprint density at radius 1 is 1.38 bits per heavy atom. The monoisotopic (exact) mass is 225 g/mol. The molecular weight excluding hydrogens is 210 g/mol. The Hall–Kier alpha value is -1.43. The minimum atomic E-state index is -0.150. The molecule has 0 aromatic carbocycles. The highest BCUT2D eigenvalue weighted by Crippen LogP contribution is 2.16. The summed E-state index contributed by atoms with van der Waals surface area (Å²) in [5, 5.41) is 0. The molecule has 0 saturated carbocycles. The number of imide groups is 1. The van der Waals surface area contributed by atoms with Gasteiger partial charge in [0.25, 0.3) is 0 Å². The lowest BCUT2D eigenvalue weighted by molar-refractivity contribution is -0.146. The molecule has 2 saturated heterocycles. The van der Waals surface area contributed by atoms with Crippen molar-refractivity contribution in [1.82, 2.24) is 14.7 Å². The van der Waals surface area contributed by atoms with Crippen LogP contribution in [0.4, 0.5) is 0 Å².